The molecular formula is C11H22NO4+. The zero-order valence-electron chi connectivity index (χ0n) is 10.5. The van der Waals surface area contributed by atoms with Gasteiger partial charge >= 0.3 is 11.9 Å². The summed E-state index contributed by atoms with van der Waals surface area (Å²) in [6.07, 6.45) is 0.570. The first-order valence-corrected chi connectivity index (χ1v) is 5.42. The predicted molar refractivity (Wildman–Crippen MR) is 59.9 cm³/mol. The molecule has 5 nitrogen and oxygen atoms in total. The van der Waals surface area contributed by atoms with Gasteiger partial charge in [0.05, 0.1) is 46.6 Å². The molecule has 0 aromatic rings. The van der Waals surface area contributed by atoms with Crippen molar-refractivity contribution >= 4 is 11.9 Å². The Morgan fingerprint density at radius 1 is 1.25 bits per heavy atom. The number of ether oxygens (including phenoxy) is 1. The summed E-state index contributed by atoms with van der Waals surface area (Å²) in [5.74, 6) is -1.41. The summed E-state index contributed by atoms with van der Waals surface area (Å²) in [5.41, 5.74) is 0. The lowest BCUT2D eigenvalue weighted by Gasteiger charge is -2.31. The van der Waals surface area contributed by atoms with Crippen LogP contribution in [-0.2, 0) is 14.3 Å². The summed E-state index contributed by atoms with van der Waals surface area (Å²) in [5, 5.41) is 8.37. The number of hydrogen-bond acceptors (Lipinski definition) is 3. The van der Waals surface area contributed by atoms with Crippen molar-refractivity contribution in [1.29, 1.82) is 0 Å². The van der Waals surface area contributed by atoms with Gasteiger partial charge in [0.15, 0.2) is 0 Å². The van der Waals surface area contributed by atoms with Gasteiger partial charge in [-0.3, -0.25) is 9.59 Å². The van der Waals surface area contributed by atoms with Crippen molar-refractivity contribution in [3.05, 3.63) is 0 Å². The smallest absolute Gasteiger partial charge is 0.306 e. The number of quaternary nitrogens is 1. The SMILES string of the molecule is CC(CCOC(=O)CCC(=O)O)[N+](C)(C)C. The van der Waals surface area contributed by atoms with Crippen LogP contribution in [0.3, 0.4) is 0 Å². The molecule has 0 saturated heterocycles. The largest absolute Gasteiger partial charge is 0.481 e. The first-order chi connectivity index (χ1) is 7.23. The minimum absolute atomic E-state index is 0.0475. The number of carboxylic acids is 1. The zero-order valence-corrected chi connectivity index (χ0v) is 10.5. The van der Waals surface area contributed by atoms with Crippen molar-refractivity contribution in [1.82, 2.24) is 0 Å². The Balaban J connectivity index is 3.66. The topological polar surface area (TPSA) is 63.6 Å². The average Bonchev–Trinajstić information content (AvgIpc) is 2.13. The maximum absolute atomic E-state index is 11.1. The average molecular weight is 232 g/mol. The van der Waals surface area contributed by atoms with Crippen LogP contribution in [-0.4, -0.2) is 55.3 Å². The molecule has 5 heteroatoms. The van der Waals surface area contributed by atoms with Crippen LogP contribution < -0.4 is 0 Å². The summed E-state index contributed by atoms with van der Waals surface area (Å²) in [7, 11) is 6.24. The minimum Gasteiger partial charge on any atom is -0.481 e. The van der Waals surface area contributed by atoms with Crippen molar-refractivity contribution < 1.29 is 23.9 Å². The standard InChI is InChI=1S/C11H21NO4/c1-9(12(2,3)4)7-8-16-11(15)6-5-10(13)14/h9H,5-8H2,1-4H3/p+1. The summed E-state index contributed by atoms with van der Waals surface area (Å²) >= 11 is 0. The molecule has 16 heavy (non-hydrogen) atoms. The molecule has 1 atom stereocenters. The highest BCUT2D eigenvalue weighted by Gasteiger charge is 2.18. The number of rotatable bonds is 7. The highest BCUT2D eigenvalue weighted by atomic mass is 16.5. The van der Waals surface area contributed by atoms with E-state index in [-0.39, 0.29) is 12.8 Å². The van der Waals surface area contributed by atoms with Crippen molar-refractivity contribution in [2.45, 2.75) is 32.2 Å². The Bertz CT molecular complexity index is 245. The summed E-state index contributed by atoms with van der Waals surface area (Å²) in [4.78, 5) is 21.3. The van der Waals surface area contributed by atoms with E-state index in [1.807, 2.05) is 0 Å². The van der Waals surface area contributed by atoms with E-state index in [1.165, 1.54) is 0 Å². The van der Waals surface area contributed by atoms with Crippen LogP contribution >= 0.6 is 0 Å². The molecule has 94 valence electrons. The lowest BCUT2D eigenvalue weighted by molar-refractivity contribution is -0.894. The first kappa shape index (κ1) is 14.9. The molecule has 0 aromatic heterocycles. The molecule has 0 aliphatic heterocycles. The van der Waals surface area contributed by atoms with Gasteiger partial charge in [0.25, 0.3) is 0 Å². The molecule has 0 aliphatic rings. The fourth-order valence-electron chi connectivity index (χ4n) is 1.01. The van der Waals surface area contributed by atoms with E-state index in [2.05, 4.69) is 28.1 Å². The highest BCUT2D eigenvalue weighted by Crippen LogP contribution is 2.06. The van der Waals surface area contributed by atoms with Crippen LogP contribution in [0.4, 0.5) is 0 Å². The molecular weight excluding hydrogens is 210 g/mol. The van der Waals surface area contributed by atoms with Crippen LogP contribution in [0.25, 0.3) is 0 Å². The van der Waals surface area contributed by atoms with Crippen molar-refractivity contribution in [3.8, 4) is 0 Å². The number of nitrogens with zero attached hydrogens (tertiary/aromatic N) is 1. The summed E-state index contributed by atoms with van der Waals surface area (Å²) in [6, 6.07) is 0.396. The van der Waals surface area contributed by atoms with Crippen molar-refractivity contribution in [3.63, 3.8) is 0 Å². The van der Waals surface area contributed by atoms with Gasteiger partial charge in [-0.1, -0.05) is 0 Å². The van der Waals surface area contributed by atoms with E-state index < -0.39 is 11.9 Å². The molecule has 0 fully saturated rings. The molecule has 0 aliphatic carbocycles. The Labute approximate surface area is 96.6 Å². The second-order valence-corrected chi connectivity index (χ2v) is 4.87. The maximum Gasteiger partial charge on any atom is 0.306 e. The molecule has 0 radical (unpaired) electrons. The molecule has 0 bridgehead atoms. The predicted octanol–water partition coefficient (Wildman–Crippen LogP) is 0.879. The number of carbonyl (C=O) groups excluding carboxylic acids is 1. The van der Waals surface area contributed by atoms with Crippen LogP contribution in [0.15, 0.2) is 0 Å². The van der Waals surface area contributed by atoms with Crippen molar-refractivity contribution in [2.24, 2.45) is 0 Å². The summed E-state index contributed by atoms with van der Waals surface area (Å²) in [6.45, 7) is 2.44. The van der Waals surface area contributed by atoms with Crippen LogP contribution in [0, 0.1) is 0 Å². The van der Waals surface area contributed by atoms with Gasteiger partial charge in [0.2, 0.25) is 0 Å². The molecule has 0 heterocycles. The Morgan fingerprint density at radius 2 is 1.81 bits per heavy atom. The Morgan fingerprint density at radius 3 is 2.25 bits per heavy atom. The third kappa shape index (κ3) is 7.23. The monoisotopic (exact) mass is 232 g/mol. The molecule has 0 aromatic carbocycles. The second kappa shape index (κ2) is 6.48. The lowest BCUT2D eigenvalue weighted by Crippen LogP contribution is -2.43. The molecule has 0 rings (SSSR count). The van der Waals surface area contributed by atoms with Crippen molar-refractivity contribution in [2.75, 3.05) is 27.7 Å². The molecule has 1 N–H and O–H groups in total. The molecule has 0 saturated carbocycles. The van der Waals surface area contributed by atoms with E-state index in [4.69, 9.17) is 9.84 Å². The summed E-state index contributed by atoms with van der Waals surface area (Å²) < 4.78 is 5.76. The number of carbonyl (C=O) groups is 2. The highest BCUT2D eigenvalue weighted by molar-refractivity contribution is 5.76. The van der Waals surface area contributed by atoms with Crippen LogP contribution in [0.2, 0.25) is 0 Å². The molecule has 0 amide bonds. The van der Waals surface area contributed by atoms with E-state index in [0.717, 1.165) is 10.9 Å². The fourth-order valence-corrected chi connectivity index (χ4v) is 1.01. The number of aliphatic carboxylic acids is 1. The van der Waals surface area contributed by atoms with E-state index in [1.54, 1.807) is 0 Å². The van der Waals surface area contributed by atoms with Gasteiger partial charge < -0.3 is 14.3 Å². The quantitative estimate of drug-likeness (QED) is 0.523. The van der Waals surface area contributed by atoms with Crippen LogP contribution in [0.5, 0.6) is 0 Å². The third-order valence-electron chi connectivity index (χ3n) is 2.66. The van der Waals surface area contributed by atoms with E-state index >= 15 is 0 Å². The number of esters is 1. The second-order valence-electron chi connectivity index (χ2n) is 4.87. The minimum atomic E-state index is -0.975. The Hall–Kier alpha value is -1.10. The zero-order chi connectivity index (χ0) is 12.8. The van der Waals surface area contributed by atoms with Gasteiger partial charge in [0.1, 0.15) is 0 Å². The Kier molecular flexibility index (Phi) is 6.03. The van der Waals surface area contributed by atoms with Gasteiger partial charge in [-0.15, -0.1) is 0 Å². The maximum atomic E-state index is 11.1. The van der Waals surface area contributed by atoms with Gasteiger partial charge in [-0.2, -0.15) is 0 Å². The van der Waals surface area contributed by atoms with Crippen LogP contribution in [0.1, 0.15) is 26.2 Å². The van der Waals surface area contributed by atoms with Gasteiger partial charge in [0, 0.05) is 6.42 Å². The normalized spacial score (nSPS) is 13.2. The molecule has 0 spiro atoms. The molecule has 1 unspecified atom stereocenters. The van der Waals surface area contributed by atoms with Gasteiger partial charge in [-0.05, 0) is 6.92 Å². The lowest BCUT2D eigenvalue weighted by atomic mass is 10.2. The number of carboxylic acid groups (broad SMARTS) is 1. The fraction of sp³-hybridized carbons (Fsp3) is 0.818. The van der Waals surface area contributed by atoms with E-state index in [0.29, 0.717) is 12.6 Å². The number of hydrogen-bond donors (Lipinski definition) is 1. The third-order valence-corrected chi connectivity index (χ3v) is 2.66. The van der Waals surface area contributed by atoms with E-state index in [9.17, 15) is 9.59 Å². The van der Waals surface area contributed by atoms with Gasteiger partial charge in [-0.25, -0.2) is 0 Å². The first-order valence-electron chi connectivity index (χ1n) is 5.42.